The summed E-state index contributed by atoms with van der Waals surface area (Å²) in [5.41, 5.74) is 0. The van der Waals surface area contributed by atoms with Crippen LogP contribution in [0.5, 0.6) is 0 Å². The van der Waals surface area contributed by atoms with Gasteiger partial charge in [-0.05, 0) is 24.6 Å². The van der Waals surface area contributed by atoms with E-state index in [1.807, 2.05) is 0 Å². The third kappa shape index (κ3) is 5.00. The molecule has 0 radical (unpaired) electrons. The maximum absolute atomic E-state index is 9.32. The maximum atomic E-state index is 9.32. The fourth-order valence-electron chi connectivity index (χ4n) is 1.23. The first-order chi connectivity index (χ1) is 7.12. The van der Waals surface area contributed by atoms with Crippen LogP contribution in [0.1, 0.15) is 47.0 Å². The molecule has 16 heavy (non-hydrogen) atoms. The first-order valence-electron chi connectivity index (χ1n) is 6.15. The van der Waals surface area contributed by atoms with Gasteiger partial charge < -0.3 is 14.5 Å². The van der Waals surface area contributed by atoms with Gasteiger partial charge >= 0.3 is 7.12 Å². The molecule has 0 bridgehead atoms. The molecule has 3 nitrogen and oxygen atoms in total. The Morgan fingerprint density at radius 1 is 1.25 bits per heavy atom. The molecule has 0 rings (SSSR count). The van der Waals surface area contributed by atoms with E-state index in [0.717, 1.165) is 19.3 Å². The van der Waals surface area contributed by atoms with E-state index in [1.54, 1.807) is 0 Å². The molecule has 0 aliphatic rings. The summed E-state index contributed by atoms with van der Waals surface area (Å²) in [6.07, 6.45) is 2.74. The van der Waals surface area contributed by atoms with Crippen LogP contribution in [0.2, 0.25) is 18.1 Å². The van der Waals surface area contributed by atoms with Crippen LogP contribution in [0, 0.1) is 0 Å². The molecule has 0 aromatic carbocycles. The Morgan fingerprint density at radius 3 is 2.06 bits per heavy atom. The van der Waals surface area contributed by atoms with E-state index in [4.69, 9.17) is 4.43 Å². The fourth-order valence-corrected chi connectivity index (χ4v) is 2.58. The van der Waals surface area contributed by atoms with E-state index >= 15 is 0 Å². The summed E-state index contributed by atoms with van der Waals surface area (Å²) in [5.74, 6) is 0. The lowest BCUT2D eigenvalue weighted by Gasteiger charge is -2.39. The summed E-state index contributed by atoms with van der Waals surface area (Å²) in [5, 5.41) is 18.7. The van der Waals surface area contributed by atoms with Crippen LogP contribution in [-0.2, 0) is 4.43 Å². The summed E-state index contributed by atoms with van der Waals surface area (Å²) in [6, 6.07) is -0.430. The van der Waals surface area contributed by atoms with Gasteiger partial charge in [0, 0.05) is 0 Å². The van der Waals surface area contributed by atoms with E-state index in [2.05, 4.69) is 40.8 Å². The molecule has 2 N–H and O–H groups in total. The summed E-state index contributed by atoms with van der Waals surface area (Å²) in [7, 11) is -3.26. The van der Waals surface area contributed by atoms with Gasteiger partial charge in [-0.3, -0.25) is 0 Å². The SMILES string of the molecule is CCCCC(O[Si](C)(C)C(C)(C)C)B(O)O. The second-order valence-corrected chi connectivity index (χ2v) is 10.7. The van der Waals surface area contributed by atoms with Gasteiger partial charge in [0.15, 0.2) is 8.32 Å². The van der Waals surface area contributed by atoms with Gasteiger partial charge in [-0.15, -0.1) is 0 Å². The third-order valence-electron chi connectivity index (χ3n) is 3.43. The Labute approximate surface area is 101 Å². The van der Waals surface area contributed by atoms with E-state index in [-0.39, 0.29) is 5.04 Å². The van der Waals surface area contributed by atoms with E-state index in [9.17, 15) is 10.0 Å². The number of rotatable bonds is 6. The molecule has 1 unspecified atom stereocenters. The predicted octanol–water partition coefficient (Wildman–Crippen LogP) is 2.58. The van der Waals surface area contributed by atoms with Crippen molar-refractivity contribution >= 4 is 15.4 Å². The highest BCUT2D eigenvalue weighted by Gasteiger charge is 2.41. The Morgan fingerprint density at radius 2 is 1.75 bits per heavy atom. The number of unbranched alkanes of at least 4 members (excludes halogenated alkanes) is 1. The topological polar surface area (TPSA) is 49.7 Å². The fraction of sp³-hybridized carbons (Fsp3) is 1.00. The Balaban J connectivity index is 4.50. The molecule has 0 aromatic heterocycles. The van der Waals surface area contributed by atoms with Crippen molar-refractivity contribution in [2.45, 2.75) is 71.1 Å². The minimum Gasteiger partial charge on any atom is -0.425 e. The first kappa shape index (κ1) is 16.2. The normalized spacial score (nSPS) is 15.0. The molecule has 96 valence electrons. The minimum atomic E-state index is -1.90. The van der Waals surface area contributed by atoms with Gasteiger partial charge in [-0.1, -0.05) is 40.5 Å². The summed E-state index contributed by atoms with van der Waals surface area (Å²) < 4.78 is 6.00. The van der Waals surface area contributed by atoms with Crippen molar-refractivity contribution in [2.24, 2.45) is 0 Å². The van der Waals surface area contributed by atoms with E-state index < -0.39 is 21.4 Å². The largest absolute Gasteiger partial charge is 0.481 e. The van der Waals surface area contributed by atoms with Gasteiger partial charge in [-0.2, -0.15) is 0 Å². The van der Waals surface area contributed by atoms with Crippen LogP contribution in [-0.4, -0.2) is 31.5 Å². The molecule has 0 aromatic rings. The van der Waals surface area contributed by atoms with Crippen molar-refractivity contribution in [3.8, 4) is 0 Å². The Bertz CT molecular complexity index is 202. The lowest BCUT2D eigenvalue weighted by Crippen LogP contribution is -2.48. The summed E-state index contributed by atoms with van der Waals surface area (Å²) in [6.45, 7) is 12.8. The standard InChI is InChI=1S/C11H27BO3Si/c1-7-8-9-10(12(13)14)15-16(5,6)11(2,3)4/h10,13-14H,7-9H2,1-6H3. The zero-order chi connectivity index (χ0) is 13.0. The van der Waals surface area contributed by atoms with Crippen LogP contribution >= 0.6 is 0 Å². The Kier molecular flexibility index (Phi) is 6.25. The number of hydrogen-bond acceptors (Lipinski definition) is 3. The average molecular weight is 246 g/mol. The third-order valence-corrected chi connectivity index (χ3v) is 7.93. The van der Waals surface area contributed by atoms with Crippen molar-refractivity contribution < 1.29 is 14.5 Å². The van der Waals surface area contributed by atoms with Crippen LogP contribution in [0.15, 0.2) is 0 Å². The van der Waals surface area contributed by atoms with Gasteiger partial charge in [0.25, 0.3) is 0 Å². The van der Waals surface area contributed by atoms with Crippen LogP contribution < -0.4 is 0 Å². The van der Waals surface area contributed by atoms with Gasteiger partial charge in [0.1, 0.15) is 0 Å². The zero-order valence-corrected chi connectivity index (χ0v) is 12.6. The summed E-state index contributed by atoms with van der Waals surface area (Å²) in [4.78, 5) is 0. The molecule has 0 saturated heterocycles. The molecular weight excluding hydrogens is 219 g/mol. The first-order valence-corrected chi connectivity index (χ1v) is 9.06. The van der Waals surface area contributed by atoms with E-state index in [0.29, 0.717) is 0 Å². The summed E-state index contributed by atoms with van der Waals surface area (Å²) >= 11 is 0. The van der Waals surface area contributed by atoms with Gasteiger partial charge in [0.2, 0.25) is 0 Å². The molecule has 0 aliphatic heterocycles. The van der Waals surface area contributed by atoms with Crippen molar-refractivity contribution in [1.29, 1.82) is 0 Å². The lowest BCUT2D eigenvalue weighted by atomic mass is 9.79. The second kappa shape index (κ2) is 6.19. The highest BCUT2D eigenvalue weighted by Crippen LogP contribution is 2.37. The van der Waals surface area contributed by atoms with Gasteiger partial charge in [0.05, 0.1) is 6.00 Å². The molecule has 5 heteroatoms. The van der Waals surface area contributed by atoms with Crippen molar-refractivity contribution in [3.63, 3.8) is 0 Å². The van der Waals surface area contributed by atoms with Gasteiger partial charge in [-0.25, -0.2) is 0 Å². The molecule has 0 saturated carbocycles. The Hall–Kier alpha value is 0.162. The molecule has 0 spiro atoms. The molecule has 0 aliphatic carbocycles. The molecular formula is C11H27BO3Si. The second-order valence-electron chi connectivity index (χ2n) is 5.97. The monoisotopic (exact) mass is 246 g/mol. The molecule has 0 heterocycles. The maximum Gasteiger partial charge on any atom is 0.481 e. The van der Waals surface area contributed by atoms with Crippen LogP contribution in [0.3, 0.4) is 0 Å². The number of hydrogen-bond donors (Lipinski definition) is 2. The molecule has 1 atom stereocenters. The predicted molar refractivity (Wildman–Crippen MR) is 71.8 cm³/mol. The molecule has 0 fully saturated rings. The highest BCUT2D eigenvalue weighted by molar-refractivity contribution is 6.74. The van der Waals surface area contributed by atoms with Crippen molar-refractivity contribution in [3.05, 3.63) is 0 Å². The van der Waals surface area contributed by atoms with Crippen LogP contribution in [0.4, 0.5) is 0 Å². The van der Waals surface area contributed by atoms with Crippen molar-refractivity contribution in [2.75, 3.05) is 0 Å². The minimum absolute atomic E-state index is 0.104. The molecule has 0 amide bonds. The lowest BCUT2D eigenvalue weighted by molar-refractivity contribution is 0.190. The van der Waals surface area contributed by atoms with E-state index in [1.165, 1.54) is 0 Å². The quantitative estimate of drug-likeness (QED) is 0.708. The van der Waals surface area contributed by atoms with Crippen molar-refractivity contribution in [1.82, 2.24) is 0 Å². The average Bonchev–Trinajstić information content (AvgIpc) is 2.09. The zero-order valence-electron chi connectivity index (χ0n) is 11.6. The smallest absolute Gasteiger partial charge is 0.425 e. The van der Waals surface area contributed by atoms with Crippen LogP contribution in [0.25, 0.3) is 0 Å². The highest BCUT2D eigenvalue weighted by atomic mass is 28.4.